The van der Waals surface area contributed by atoms with Gasteiger partial charge in [0.25, 0.3) is 0 Å². The number of carbonyl (C=O) groups excluding carboxylic acids is 2. The summed E-state index contributed by atoms with van der Waals surface area (Å²) in [5.41, 5.74) is 2.46. The number of rotatable bonds is 5. The van der Waals surface area contributed by atoms with Crippen molar-refractivity contribution in [1.29, 1.82) is 0 Å². The minimum Gasteiger partial charge on any atom is -0.394 e. The molecule has 0 aromatic heterocycles. The van der Waals surface area contributed by atoms with Gasteiger partial charge >= 0.3 is 0 Å². The van der Waals surface area contributed by atoms with Crippen LogP contribution >= 0.6 is 0 Å². The van der Waals surface area contributed by atoms with E-state index in [9.17, 15) is 14.7 Å². The summed E-state index contributed by atoms with van der Waals surface area (Å²) in [6.45, 7) is 6.33. The van der Waals surface area contributed by atoms with Crippen LogP contribution in [0.5, 0.6) is 0 Å². The summed E-state index contributed by atoms with van der Waals surface area (Å²) in [5, 5.41) is 12.6. The summed E-state index contributed by atoms with van der Waals surface area (Å²) in [4.78, 5) is 27.0. The number of carbonyl (C=O) groups is 2. The van der Waals surface area contributed by atoms with Crippen molar-refractivity contribution < 1.29 is 14.7 Å². The number of aliphatic hydroxyl groups is 1. The normalized spacial score (nSPS) is 23.2. The molecule has 0 spiro atoms. The number of anilines is 1. The maximum atomic E-state index is 12.7. The molecule has 2 fully saturated rings. The Labute approximate surface area is 143 Å². The van der Waals surface area contributed by atoms with Gasteiger partial charge in [0.1, 0.15) is 5.92 Å². The van der Waals surface area contributed by atoms with E-state index in [2.05, 4.69) is 11.4 Å². The molecule has 2 amide bonds. The van der Waals surface area contributed by atoms with Crippen molar-refractivity contribution in [2.75, 3.05) is 18.1 Å². The fourth-order valence-electron chi connectivity index (χ4n) is 3.65. The van der Waals surface area contributed by atoms with Crippen molar-refractivity contribution in [3.8, 4) is 0 Å². The van der Waals surface area contributed by atoms with E-state index in [-0.39, 0.29) is 18.4 Å². The molecule has 1 heterocycles. The van der Waals surface area contributed by atoms with Gasteiger partial charge in [-0.25, -0.2) is 0 Å². The lowest BCUT2D eigenvalue weighted by Gasteiger charge is -2.30. The number of hydrogen-bond donors (Lipinski definition) is 2. The maximum absolute atomic E-state index is 12.7. The minimum absolute atomic E-state index is 0.0922. The fraction of sp³-hybridized carbons (Fsp3) is 0.579. The van der Waals surface area contributed by atoms with Crippen molar-refractivity contribution in [1.82, 2.24) is 5.32 Å². The molecule has 1 aliphatic heterocycles. The zero-order valence-electron chi connectivity index (χ0n) is 14.6. The first-order valence-electron chi connectivity index (χ1n) is 8.66. The molecule has 2 atom stereocenters. The van der Waals surface area contributed by atoms with Gasteiger partial charge in [-0.3, -0.25) is 9.59 Å². The van der Waals surface area contributed by atoms with Gasteiger partial charge in [-0.1, -0.05) is 6.07 Å². The van der Waals surface area contributed by atoms with Crippen LogP contribution < -0.4 is 10.2 Å². The molecule has 2 unspecified atom stereocenters. The number of benzene rings is 1. The Morgan fingerprint density at radius 2 is 1.88 bits per heavy atom. The van der Waals surface area contributed by atoms with E-state index in [1.165, 1.54) is 0 Å². The Morgan fingerprint density at radius 3 is 2.42 bits per heavy atom. The van der Waals surface area contributed by atoms with Crippen LogP contribution in [-0.4, -0.2) is 35.6 Å². The van der Waals surface area contributed by atoms with Crippen LogP contribution in [0.15, 0.2) is 18.2 Å². The zero-order valence-corrected chi connectivity index (χ0v) is 14.6. The third-order valence-electron chi connectivity index (χ3n) is 5.26. The molecule has 2 aliphatic rings. The third-order valence-corrected chi connectivity index (χ3v) is 5.26. The summed E-state index contributed by atoms with van der Waals surface area (Å²) in [7, 11) is 0. The Balaban J connectivity index is 1.72. The summed E-state index contributed by atoms with van der Waals surface area (Å²) in [5.74, 6) is -0.738. The second-order valence-corrected chi connectivity index (χ2v) is 7.52. The first kappa shape index (κ1) is 17.0. The highest BCUT2D eigenvalue weighted by Crippen LogP contribution is 2.39. The van der Waals surface area contributed by atoms with Crippen LogP contribution in [0.25, 0.3) is 0 Å². The van der Waals surface area contributed by atoms with Crippen molar-refractivity contribution in [3.05, 3.63) is 29.3 Å². The first-order valence-corrected chi connectivity index (χ1v) is 8.66. The topological polar surface area (TPSA) is 69.6 Å². The second-order valence-electron chi connectivity index (χ2n) is 7.52. The van der Waals surface area contributed by atoms with E-state index < -0.39 is 11.5 Å². The Bertz CT molecular complexity index is 648. The van der Waals surface area contributed by atoms with E-state index in [1.54, 1.807) is 4.90 Å². The van der Waals surface area contributed by atoms with E-state index >= 15 is 0 Å². The Kier molecular flexibility index (Phi) is 4.38. The van der Waals surface area contributed by atoms with Crippen LogP contribution in [-0.2, 0) is 9.59 Å². The molecule has 1 saturated carbocycles. The van der Waals surface area contributed by atoms with Crippen molar-refractivity contribution >= 4 is 17.5 Å². The number of amides is 2. The summed E-state index contributed by atoms with van der Waals surface area (Å²) in [6.07, 6.45) is 2.55. The van der Waals surface area contributed by atoms with Gasteiger partial charge in [-0.05, 0) is 69.2 Å². The van der Waals surface area contributed by atoms with E-state index in [4.69, 9.17) is 0 Å². The summed E-state index contributed by atoms with van der Waals surface area (Å²) in [6, 6.07) is 6.02. The van der Waals surface area contributed by atoms with Crippen LogP contribution in [0.1, 0.15) is 37.3 Å². The van der Waals surface area contributed by atoms with E-state index in [1.807, 2.05) is 32.9 Å². The largest absolute Gasteiger partial charge is 0.394 e. The predicted molar refractivity (Wildman–Crippen MR) is 92.7 cm³/mol. The number of nitrogens with one attached hydrogen (secondary N) is 1. The highest BCUT2D eigenvalue weighted by Gasteiger charge is 2.45. The molecule has 5 nitrogen and oxygen atoms in total. The standard InChI is InChI=1S/C19H26N2O3/c1-12-8-13(2)10-15(9-12)21-7-6-16(18(21)24)17(23)20-19(3,11-22)14-4-5-14/h8-10,14,16,22H,4-7,11H2,1-3H3,(H,20,23). The summed E-state index contributed by atoms with van der Waals surface area (Å²) < 4.78 is 0. The number of aliphatic hydroxyl groups excluding tert-OH is 1. The van der Waals surface area contributed by atoms with Gasteiger partial charge in [0.05, 0.1) is 12.1 Å². The lowest BCUT2D eigenvalue weighted by atomic mass is 9.95. The molecule has 0 radical (unpaired) electrons. The minimum atomic E-state index is -0.657. The number of nitrogens with zero attached hydrogens (tertiary/aromatic N) is 1. The van der Waals surface area contributed by atoms with Crippen molar-refractivity contribution in [2.24, 2.45) is 11.8 Å². The Hall–Kier alpha value is -1.88. The average Bonchev–Trinajstić information content (AvgIpc) is 3.29. The molecular weight excluding hydrogens is 304 g/mol. The highest BCUT2D eigenvalue weighted by atomic mass is 16.3. The van der Waals surface area contributed by atoms with Crippen LogP contribution in [0, 0.1) is 25.7 Å². The molecule has 1 aliphatic carbocycles. The number of aryl methyl sites for hydroxylation is 2. The van der Waals surface area contributed by atoms with Crippen molar-refractivity contribution in [3.63, 3.8) is 0 Å². The molecule has 1 saturated heterocycles. The summed E-state index contributed by atoms with van der Waals surface area (Å²) >= 11 is 0. The lowest BCUT2D eigenvalue weighted by molar-refractivity contribution is -0.133. The molecule has 1 aromatic carbocycles. The Morgan fingerprint density at radius 1 is 1.25 bits per heavy atom. The van der Waals surface area contributed by atoms with Crippen LogP contribution in [0.4, 0.5) is 5.69 Å². The molecule has 5 heteroatoms. The quantitative estimate of drug-likeness (QED) is 0.811. The predicted octanol–water partition coefficient (Wildman–Crippen LogP) is 1.93. The average molecular weight is 330 g/mol. The molecular formula is C19H26N2O3. The molecule has 130 valence electrons. The molecule has 2 N–H and O–H groups in total. The molecule has 3 rings (SSSR count). The molecule has 24 heavy (non-hydrogen) atoms. The van der Waals surface area contributed by atoms with Crippen molar-refractivity contribution in [2.45, 2.75) is 45.6 Å². The SMILES string of the molecule is Cc1cc(C)cc(N2CCC(C(=O)NC(C)(CO)C3CC3)C2=O)c1. The van der Waals surface area contributed by atoms with Crippen LogP contribution in [0.2, 0.25) is 0 Å². The lowest BCUT2D eigenvalue weighted by Crippen LogP contribution is -2.53. The van der Waals surface area contributed by atoms with Gasteiger partial charge < -0.3 is 15.3 Å². The highest BCUT2D eigenvalue weighted by molar-refractivity contribution is 6.09. The van der Waals surface area contributed by atoms with Gasteiger partial charge in [-0.2, -0.15) is 0 Å². The fourth-order valence-corrected chi connectivity index (χ4v) is 3.65. The van der Waals surface area contributed by atoms with Gasteiger partial charge in [0.15, 0.2) is 0 Å². The number of hydrogen-bond acceptors (Lipinski definition) is 3. The molecule has 1 aromatic rings. The molecule has 0 bridgehead atoms. The van der Waals surface area contributed by atoms with Gasteiger partial charge in [-0.15, -0.1) is 0 Å². The second kappa shape index (κ2) is 6.20. The van der Waals surface area contributed by atoms with Gasteiger partial charge in [0.2, 0.25) is 11.8 Å². The van der Waals surface area contributed by atoms with E-state index in [0.717, 1.165) is 29.7 Å². The van der Waals surface area contributed by atoms with E-state index in [0.29, 0.717) is 18.9 Å². The maximum Gasteiger partial charge on any atom is 0.239 e. The monoisotopic (exact) mass is 330 g/mol. The van der Waals surface area contributed by atoms with Crippen LogP contribution in [0.3, 0.4) is 0 Å². The third kappa shape index (κ3) is 3.18. The smallest absolute Gasteiger partial charge is 0.239 e. The zero-order chi connectivity index (χ0) is 17.5. The van der Waals surface area contributed by atoms with Gasteiger partial charge in [0, 0.05) is 12.2 Å². The first-order chi connectivity index (χ1) is 11.3.